The van der Waals surface area contributed by atoms with E-state index in [0.29, 0.717) is 0 Å². The fourth-order valence-electron chi connectivity index (χ4n) is 2.09. The first-order valence-electron chi connectivity index (χ1n) is 6.47. The van der Waals surface area contributed by atoms with Crippen LogP contribution in [0, 0.1) is 0 Å². The van der Waals surface area contributed by atoms with Gasteiger partial charge in [-0.2, -0.15) is 0 Å². The van der Waals surface area contributed by atoms with Gasteiger partial charge in [-0.1, -0.05) is 78.0 Å². The minimum absolute atomic E-state index is 1.00. The molecule has 0 amide bonds. The van der Waals surface area contributed by atoms with Crippen molar-refractivity contribution in [3.05, 3.63) is 72.8 Å². The Morgan fingerprint density at radius 2 is 1.37 bits per heavy atom. The number of rotatable bonds is 5. The van der Waals surface area contributed by atoms with Crippen LogP contribution in [0.1, 0.15) is 13.3 Å². The second kappa shape index (κ2) is 6.32. The van der Waals surface area contributed by atoms with Gasteiger partial charge in [-0.15, -0.1) is 6.58 Å². The summed E-state index contributed by atoms with van der Waals surface area (Å²) in [6.07, 6.45) is 2.02. The van der Waals surface area contributed by atoms with Crippen molar-refractivity contribution < 1.29 is 0 Å². The normalized spacial score (nSPS) is 11.2. The minimum atomic E-state index is -1.71. The Labute approximate surface area is 121 Å². The van der Waals surface area contributed by atoms with Gasteiger partial charge < -0.3 is 0 Å². The standard InChI is InChI=1S/C17H19PS/c1-15(2)13-14-18(19,16-9-5-3-6-10-16)17-11-7-4-8-12-17/h3-12H,1,13-14H2,2H3. The predicted molar refractivity (Wildman–Crippen MR) is 90.7 cm³/mol. The van der Waals surface area contributed by atoms with Gasteiger partial charge in [0, 0.05) is 6.04 Å². The molecule has 0 aliphatic carbocycles. The van der Waals surface area contributed by atoms with E-state index in [1.54, 1.807) is 0 Å². The van der Waals surface area contributed by atoms with Crippen LogP contribution in [0.2, 0.25) is 0 Å². The highest BCUT2D eigenvalue weighted by molar-refractivity contribution is 8.21. The summed E-state index contributed by atoms with van der Waals surface area (Å²) in [7, 11) is 0. The third kappa shape index (κ3) is 3.43. The van der Waals surface area contributed by atoms with Crippen LogP contribution < -0.4 is 10.6 Å². The summed E-state index contributed by atoms with van der Waals surface area (Å²) in [6, 6.07) is 19.4. The molecular formula is C17H19PS. The highest BCUT2D eigenvalue weighted by Gasteiger charge is 2.21. The van der Waals surface area contributed by atoms with Gasteiger partial charge in [-0.3, -0.25) is 0 Å². The molecule has 0 saturated carbocycles. The maximum Gasteiger partial charge on any atom is 0.0109 e. The van der Waals surface area contributed by atoms with Crippen LogP contribution >= 0.6 is 6.04 Å². The van der Waals surface area contributed by atoms with Crippen molar-refractivity contribution in [2.24, 2.45) is 0 Å². The molecule has 2 aromatic carbocycles. The van der Waals surface area contributed by atoms with Gasteiger partial charge in [0.25, 0.3) is 0 Å². The lowest BCUT2D eigenvalue weighted by molar-refractivity contribution is 1.12. The van der Waals surface area contributed by atoms with Gasteiger partial charge in [0.1, 0.15) is 0 Å². The Bertz CT molecular complexity index is 544. The third-order valence-electron chi connectivity index (χ3n) is 3.20. The van der Waals surface area contributed by atoms with E-state index in [1.807, 2.05) is 12.1 Å². The number of hydrogen-bond donors (Lipinski definition) is 0. The second-order valence-electron chi connectivity index (χ2n) is 4.84. The molecule has 2 rings (SSSR count). The molecule has 0 nitrogen and oxygen atoms in total. The van der Waals surface area contributed by atoms with E-state index in [1.165, 1.54) is 16.2 Å². The maximum absolute atomic E-state index is 6.12. The van der Waals surface area contributed by atoms with Crippen LogP contribution in [0.25, 0.3) is 0 Å². The lowest BCUT2D eigenvalue weighted by atomic mass is 10.3. The third-order valence-corrected chi connectivity index (χ3v) is 8.13. The number of allylic oxidation sites excluding steroid dienone is 1. The molecule has 0 bridgehead atoms. The fraction of sp³-hybridized carbons (Fsp3) is 0.176. The summed E-state index contributed by atoms with van der Waals surface area (Å²) >= 11 is 6.12. The van der Waals surface area contributed by atoms with Crippen LogP contribution in [0.15, 0.2) is 72.8 Å². The zero-order chi connectivity index (χ0) is 13.7. The van der Waals surface area contributed by atoms with Gasteiger partial charge in [-0.05, 0) is 30.1 Å². The monoisotopic (exact) mass is 286 g/mol. The lowest BCUT2D eigenvalue weighted by Gasteiger charge is -2.23. The molecule has 2 aromatic rings. The van der Waals surface area contributed by atoms with Gasteiger partial charge in [-0.25, -0.2) is 0 Å². The summed E-state index contributed by atoms with van der Waals surface area (Å²) in [5.74, 6) is 0. The molecule has 0 saturated heterocycles. The first-order chi connectivity index (χ1) is 9.13. The molecule has 0 aliphatic heterocycles. The molecular weight excluding hydrogens is 267 g/mol. The van der Waals surface area contributed by atoms with E-state index in [0.717, 1.165) is 12.6 Å². The van der Waals surface area contributed by atoms with Crippen molar-refractivity contribution in [2.75, 3.05) is 6.16 Å². The Morgan fingerprint density at radius 3 is 1.74 bits per heavy atom. The largest absolute Gasteiger partial charge is 0.100 e. The smallest absolute Gasteiger partial charge is 0.0109 e. The van der Waals surface area contributed by atoms with Gasteiger partial charge in [0.15, 0.2) is 0 Å². The van der Waals surface area contributed by atoms with Gasteiger partial charge in [0.2, 0.25) is 0 Å². The van der Waals surface area contributed by atoms with Crippen LogP contribution in [-0.4, -0.2) is 6.16 Å². The molecule has 0 unspecified atom stereocenters. The topological polar surface area (TPSA) is 0 Å². The highest BCUT2D eigenvalue weighted by atomic mass is 32.4. The first kappa shape index (κ1) is 14.2. The Morgan fingerprint density at radius 1 is 0.947 bits per heavy atom. The number of hydrogen-bond acceptors (Lipinski definition) is 1. The molecule has 0 radical (unpaired) electrons. The molecule has 98 valence electrons. The molecule has 19 heavy (non-hydrogen) atoms. The molecule has 0 atom stereocenters. The molecule has 0 aliphatic rings. The SMILES string of the molecule is C=C(C)CCP(=S)(c1ccccc1)c1ccccc1. The van der Waals surface area contributed by atoms with Crippen molar-refractivity contribution in [1.29, 1.82) is 0 Å². The zero-order valence-corrected chi connectivity index (χ0v) is 13.0. The summed E-state index contributed by atoms with van der Waals surface area (Å²) in [4.78, 5) is 0. The van der Waals surface area contributed by atoms with Crippen molar-refractivity contribution >= 4 is 28.5 Å². The summed E-state index contributed by atoms with van der Waals surface area (Å²) in [5, 5.41) is 2.61. The second-order valence-corrected chi connectivity index (χ2v) is 9.67. The molecule has 2 heteroatoms. The van der Waals surface area contributed by atoms with Crippen molar-refractivity contribution in [2.45, 2.75) is 13.3 Å². The Kier molecular flexibility index (Phi) is 4.74. The van der Waals surface area contributed by atoms with Crippen molar-refractivity contribution in [3.8, 4) is 0 Å². The average molecular weight is 286 g/mol. The summed E-state index contributed by atoms with van der Waals surface area (Å²) in [5.41, 5.74) is 1.21. The van der Waals surface area contributed by atoms with Gasteiger partial charge in [0.05, 0.1) is 0 Å². The molecule has 0 fully saturated rings. The van der Waals surface area contributed by atoms with E-state index in [9.17, 15) is 0 Å². The lowest BCUT2D eigenvalue weighted by Crippen LogP contribution is -2.18. The van der Waals surface area contributed by atoms with Gasteiger partial charge >= 0.3 is 0 Å². The van der Waals surface area contributed by atoms with Crippen LogP contribution in [0.5, 0.6) is 0 Å². The first-order valence-corrected chi connectivity index (χ1v) is 9.46. The van der Waals surface area contributed by atoms with Crippen molar-refractivity contribution in [1.82, 2.24) is 0 Å². The van der Waals surface area contributed by atoms with E-state index >= 15 is 0 Å². The molecule has 0 heterocycles. The van der Waals surface area contributed by atoms with E-state index in [2.05, 4.69) is 62.0 Å². The number of benzene rings is 2. The van der Waals surface area contributed by atoms with Crippen molar-refractivity contribution in [3.63, 3.8) is 0 Å². The molecule has 0 N–H and O–H groups in total. The Hall–Kier alpha value is -1.17. The molecule has 0 spiro atoms. The van der Waals surface area contributed by atoms with E-state index in [4.69, 9.17) is 11.8 Å². The van der Waals surface area contributed by atoms with E-state index in [-0.39, 0.29) is 0 Å². The predicted octanol–water partition coefficient (Wildman–Crippen LogP) is 4.08. The molecule has 0 aromatic heterocycles. The van der Waals surface area contributed by atoms with Crippen LogP contribution in [-0.2, 0) is 11.8 Å². The Balaban J connectivity index is 2.45. The minimum Gasteiger partial charge on any atom is -0.100 e. The van der Waals surface area contributed by atoms with Crippen LogP contribution in [0.3, 0.4) is 0 Å². The maximum atomic E-state index is 6.12. The summed E-state index contributed by atoms with van der Waals surface area (Å²) < 4.78 is 0. The van der Waals surface area contributed by atoms with E-state index < -0.39 is 6.04 Å². The highest BCUT2D eigenvalue weighted by Crippen LogP contribution is 2.44. The average Bonchev–Trinajstić information content (AvgIpc) is 2.46. The summed E-state index contributed by atoms with van der Waals surface area (Å²) in [6.45, 7) is 6.10. The fourth-order valence-corrected chi connectivity index (χ4v) is 5.92. The van der Waals surface area contributed by atoms with Crippen LogP contribution in [0.4, 0.5) is 0 Å². The quantitative estimate of drug-likeness (QED) is 0.589. The zero-order valence-electron chi connectivity index (χ0n) is 11.3.